The van der Waals surface area contributed by atoms with Gasteiger partial charge >= 0.3 is 0 Å². The van der Waals surface area contributed by atoms with Crippen LogP contribution in [0.2, 0.25) is 0 Å². The van der Waals surface area contributed by atoms with Crippen LogP contribution >= 0.6 is 0 Å². The molecule has 0 fully saturated rings. The molecule has 184 valence electrons. The highest BCUT2D eigenvalue weighted by molar-refractivity contribution is 6.10. The van der Waals surface area contributed by atoms with Crippen molar-refractivity contribution in [3.8, 4) is 11.5 Å². The summed E-state index contributed by atoms with van der Waals surface area (Å²) >= 11 is 0. The number of aryl methyl sites for hydroxylation is 2. The molecule has 3 aromatic carbocycles. The first kappa shape index (κ1) is 23.7. The van der Waals surface area contributed by atoms with Gasteiger partial charge in [0.05, 0.1) is 30.2 Å². The van der Waals surface area contributed by atoms with E-state index < -0.39 is 6.04 Å². The number of rotatable bonds is 7. The normalized spacial score (nSPS) is 14.8. The predicted molar refractivity (Wildman–Crippen MR) is 140 cm³/mol. The Hall–Kier alpha value is -4.06. The van der Waals surface area contributed by atoms with Crippen molar-refractivity contribution in [2.45, 2.75) is 40.2 Å². The first-order valence-electron chi connectivity index (χ1n) is 12.3. The zero-order valence-corrected chi connectivity index (χ0v) is 21.0. The summed E-state index contributed by atoms with van der Waals surface area (Å²) < 4.78 is 17.8. The number of amides is 1. The Morgan fingerprint density at radius 2 is 1.69 bits per heavy atom. The van der Waals surface area contributed by atoms with Crippen LogP contribution in [0.4, 0.5) is 5.69 Å². The molecule has 0 aliphatic carbocycles. The Kier molecular flexibility index (Phi) is 6.27. The molecule has 1 amide bonds. The minimum Gasteiger partial charge on any atom is -0.490 e. The second-order valence-electron chi connectivity index (χ2n) is 9.00. The number of ether oxygens (including phenoxy) is 2. The van der Waals surface area contributed by atoms with Crippen LogP contribution in [-0.4, -0.2) is 19.1 Å². The van der Waals surface area contributed by atoms with Crippen LogP contribution < -0.4 is 19.8 Å². The fraction of sp³-hybridized carbons (Fsp3) is 0.267. The van der Waals surface area contributed by atoms with Gasteiger partial charge in [0.15, 0.2) is 16.9 Å². The lowest BCUT2D eigenvalue weighted by Gasteiger charge is -2.26. The van der Waals surface area contributed by atoms with Crippen molar-refractivity contribution in [3.05, 3.63) is 98.9 Å². The SMILES string of the molecule is CCCOc1ccc(C2c3c(oc4ccccc4c3=O)C(=O)N2c2ccc(C)c(C)c2)cc1OCC. The lowest BCUT2D eigenvalue weighted by Crippen LogP contribution is -2.29. The molecule has 1 unspecified atom stereocenters. The molecule has 6 nitrogen and oxygen atoms in total. The number of fused-ring (bicyclic) bond motifs is 2. The summed E-state index contributed by atoms with van der Waals surface area (Å²) in [6.45, 7) is 9.01. The Morgan fingerprint density at radius 1 is 0.889 bits per heavy atom. The fourth-order valence-corrected chi connectivity index (χ4v) is 4.67. The molecule has 0 bridgehead atoms. The number of hydrogen-bond donors (Lipinski definition) is 0. The standard InChI is InChI=1S/C30H29NO5/c1-5-15-35-24-14-12-20(17-25(24)34-6-2)27-26-28(32)22-9-7-8-10-23(22)36-29(26)30(33)31(27)21-13-11-18(3)19(4)16-21/h7-14,16-17,27H,5-6,15H2,1-4H3. The number of carbonyl (C=O) groups is 1. The lowest BCUT2D eigenvalue weighted by molar-refractivity contribution is 0.0971. The van der Waals surface area contributed by atoms with Crippen molar-refractivity contribution in [3.63, 3.8) is 0 Å². The summed E-state index contributed by atoms with van der Waals surface area (Å²) in [6, 6.07) is 17.8. The highest BCUT2D eigenvalue weighted by Gasteiger charge is 2.44. The fourth-order valence-electron chi connectivity index (χ4n) is 4.67. The maximum Gasteiger partial charge on any atom is 0.295 e. The quantitative estimate of drug-likeness (QED) is 0.306. The second-order valence-corrected chi connectivity index (χ2v) is 9.00. The van der Waals surface area contributed by atoms with Gasteiger partial charge in [0, 0.05) is 5.69 Å². The maximum atomic E-state index is 13.8. The number of carbonyl (C=O) groups excluding carboxylic acids is 1. The zero-order chi connectivity index (χ0) is 25.4. The summed E-state index contributed by atoms with van der Waals surface area (Å²) in [5.74, 6) is 0.946. The molecule has 1 atom stereocenters. The molecule has 4 aromatic rings. The lowest BCUT2D eigenvalue weighted by atomic mass is 9.97. The molecule has 0 saturated carbocycles. The Labute approximate surface area is 210 Å². The molecule has 0 N–H and O–H groups in total. The van der Waals surface area contributed by atoms with Gasteiger partial charge in [0.2, 0.25) is 5.76 Å². The van der Waals surface area contributed by atoms with Gasteiger partial charge < -0.3 is 13.9 Å². The van der Waals surface area contributed by atoms with Crippen LogP contribution in [0.25, 0.3) is 11.0 Å². The van der Waals surface area contributed by atoms with Gasteiger partial charge in [-0.25, -0.2) is 0 Å². The van der Waals surface area contributed by atoms with Gasteiger partial charge in [-0.2, -0.15) is 0 Å². The molecular formula is C30H29NO5. The minimum atomic E-state index is -0.671. The average molecular weight is 484 g/mol. The molecule has 5 rings (SSSR count). The zero-order valence-electron chi connectivity index (χ0n) is 21.0. The number of benzene rings is 3. The van der Waals surface area contributed by atoms with Gasteiger partial charge in [-0.15, -0.1) is 0 Å². The van der Waals surface area contributed by atoms with Crippen molar-refractivity contribution in [1.82, 2.24) is 0 Å². The third-order valence-electron chi connectivity index (χ3n) is 6.59. The summed E-state index contributed by atoms with van der Waals surface area (Å²) in [7, 11) is 0. The van der Waals surface area contributed by atoms with E-state index in [9.17, 15) is 9.59 Å². The van der Waals surface area contributed by atoms with E-state index in [1.807, 2.05) is 64.1 Å². The molecule has 1 aromatic heterocycles. The Balaban J connectivity index is 1.75. The van der Waals surface area contributed by atoms with E-state index in [-0.39, 0.29) is 17.1 Å². The van der Waals surface area contributed by atoms with E-state index in [0.29, 0.717) is 46.9 Å². The van der Waals surface area contributed by atoms with E-state index in [4.69, 9.17) is 13.9 Å². The van der Waals surface area contributed by atoms with Gasteiger partial charge in [0.1, 0.15) is 5.58 Å². The second kappa shape index (κ2) is 9.53. The summed E-state index contributed by atoms with van der Waals surface area (Å²) in [6.07, 6.45) is 0.868. The topological polar surface area (TPSA) is 69.0 Å². The van der Waals surface area contributed by atoms with Crippen LogP contribution in [0.3, 0.4) is 0 Å². The molecular weight excluding hydrogens is 454 g/mol. The van der Waals surface area contributed by atoms with Crippen LogP contribution in [0, 0.1) is 13.8 Å². The van der Waals surface area contributed by atoms with Crippen LogP contribution in [0.5, 0.6) is 11.5 Å². The van der Waals surface area contributed by atoms with Crippen molar-refractivity contribution in [1.29, 1.82) is 0 Å². The van der Waals surface area contributed by atoms with E-state index in [1.54, 1.807) is 29.2 Å². The average Bonchev–Trinajstić information content (AvgIpc) is 3.17. The van der Waals surface area contributed by atoms with E-state index in [1.165, 1.54) is 0 Å². The first-order valence-corrected chi connectivity index (χ1v) is 12.3. The van der Waals surface area contributed by atoms with Crippen LogP contribution in [0.15, 0.2) is 69.9 Å². The first-order chi connectivity index (χ1) is 17.4. The monoisotopic (exact) mass is 483 g/mol. The third-order valence-corrected chi connectivity index (χ3v) is 6.59. The molecule has 1 aliphatic rings. The maximum absolute atomic E-state index is 13.8. The van der Waals surface area contributed by atoms with E-state index in [0.717, 1.165) is 23.1 Å². The van der Waals surface area contributed by atoms with E-state index in [2.05, 4.69) is 0 Å². The van der Waals surface area contributed by atoms with Crippen molar-refractivity contribution < 1.29 is 18.7 Å². The van der Waals surface area contributed by atoms with Crippen molar-refractivity contribution >= 4 is 22.6 Å². The molecule has 2 heterocycles. The number of para-hydroxylation sites is 1. The third kappa shape index (κ3) is 3.92. The van der Waals surface area contributed by atoms with Gasteiger partial charge in [-0.1, -0.05) is 31.2 Å². The molecule has 1 aliphatic heterocycles. The van der Waals surface area contributed by atoms with Crippen molar-refractivity contribution in [2.24, 2.45) is 0 Å². The minimum absolute atomic E-state index is 0.0752. The number of anilines is 1. The number of nitrogens with zero attached hydrogens (tertiary/aromatic N) is 1. The molecule has 36 heavy (non-hydrogen) atoms. The Bertz CT molecular complexity index is 1520. The molecule has 0 saturated heterocycles. The van der Waals surface area contributed by atoms with Gasteiger partial charge in [-0.3, -0.25) is 14.5 Å². The highest BCUT2D eigenvalue weighted by atomic mass is 16.5. The van der Waals surface area contributed by atoms with Crippen molar-refractivity contribution in [2.75, 3.05) is 18.1 Å². The summed E-state index contributed by atoms with van der Waals surface area (Å²) in [5, 5.41) is 0.448. The molecule has 6 heteroatoms. The largest absolute Gasteiger partial charge is 0.490 e. The van der Waals surface area contributed by atoms with Gasteiger partial charge in [0.25, 0.3) is 5.91 Å². The molecule has 0 spiro atoms. The summed E-state index contributed by atoms with van der Waals surface area (Å²) in [4.78, 5) is 29.3. The van der Waals surface area contributed by atoms with Crippen LogP contribution in [-0.2, 0) is 0 Å². The van der Waals surface area contributed by atoms with Crippen LogP contribution in [0.1, 0.15) is 59.1 Å². The number of hydrogen-bond acceptors (Lipinski definition) is 5. The van der Waals surface area contributed by atoms with Gasteiger partial charge in [-0.05, 0) is 80.3 Å². The molecule has 0 radical (unpaired) electrons. The highest BCUT2D eigenvalue weighted by Crippen LogP contribution is 2.43. The predicted octanol–water partition coefficient (Wildman–Crippen LogP) is 6.35. The Morgan fingerprint density at radius 3 is 2.44 bits per heavy atom. The smallest absolute Gasteiger partial charge is 0.295 e. The summed E-state index contributed by atoms with van der Waals surface area (Å²) in [5.41, 5.74) is 4.15. The van der Waals surface area contributed by atoms with E-state index >= 15 is 0 Å².